The first-order valence-electron chi connectivity index (χ1n) is 6.56. The molecule has 1 amide bonds. The van der Waals surface area contributed by atoms with Gasteiger partial charge in [-0.25, -0.2) is 4.98 Å². The Bertz CT molecular complexity index is 541. The lowest BCUT2D eigenvalue weighted by molar-refractivity contribution is -0.134. The van der Waals surface area contributed by atoms with Crippen molar-refractivity contribution in [3.63, 3.8) is 0 Å². The van der Waals surface area contributed by atoms with Gasteiger partial charge in [-0.2, -0.15) is 0 Å². The van der Waals surface area contributed by atoms with E-state index in [-0.39, 0.29) is 24.0 Å². The lowest BCUT2D eigenvalue weighted by atomic mass is 10.1. The maximum absolute atomic E-state index is 11.8. The number of amides is 1. The van der Waals surface area contributed by atoms with Crippen LogP contribution in [0.4, 0.5) is 5.95 Å². The van der Waals surface area contributed by atoms with Crippen LogP contribution in [0.3, 0.4) is 0 Å². The highest BCUT2D eigenvalue weighted by molar-refractivity contribution is 5.77. The van der Waals surface area contributed by atoms with Crippen LogP contribution >= 0.6 is 0 Å². The number of nitrogens with zero attached hydrogens (tertiary/aromatic N) is 3. The molecule has 1 saturated heterocycles. The number of carbonyl (C=O) groups is 1. The summed E-state index contributed by atoms with van der Waals surface area (Å²) in [4.78, 5) is 34.1. The van der Waals surface area contributed by atoms with Crippen LogP contribution in [0.15, 0.2) is 10.9 Å². The fourth-order valence-corrected chi connectivity index (χ4v) is 2.33. The number of rotatable bonds is 4. The molecule has 0 aliphatic carbocycles. The number of ether oxygens (including phenoxy) is 1. The number of aromatic amines is 1. The van der Waals surface area contributed by atoms with E-state index in [1.54, 1.807) is 9.80 Å². The summed E-state index contributed by atoms with van der Waals surface area (Å²) in [5.41, 5.74) is 0.575. The quantitative estimate of drug-likeness (QED) is 0.826. The summed E-state index contributed by atoms with van der Waals surface area (Å²) in [5.74, 6) is 0.624. The molecule has 110 valence electrons. The average Bonchev–Trinajstić information content (AvgIpc) is 2.88. The molecule has 2 heterocycles. The van der Waals surface area contributed by atoms with Crippen LogP contribution in [0.5, 0.6) is 0 Å². The Hall–Kier alpha value is -1.89. The maximum atomic E-state index is 11.8. The zero-order valence-electron chi connectivity index (χ0n) is 12.0. The Balaban J connectivity index is 2.14. The van der Waals surface area contributed by atoms with Gasteiger partial charge in [-0.05, 0) is 6.42 Å². The van der Waals surface area contributed by atoms with Crippen molar-refractivity contribution in [2.45, 2.75) is 12.3 Å². The number of likely N-dealkylation sites (tertiary alicyclic amines) is 1. The SMILES string of the molecule is COCC(=O)N1CC[C@@H](c2cc(=O)[nH]c(N(C)C)n2)C1. The van der Waals surface area contributed by atoms with Crippen molar-refractivity contribution in [1.82, 2.24) is 14.9 Å². The molecule has 20 heavy (non-hydrogen) atoms. The van der Waals surface area contributed by atoms with Gasteiger partial charge in [-0.15, -0.1) is 0 Å². The van der Waals surface area contributed by atoms with Crippen LogP contribution < -0.4 is 10.5 Å². The number of carbonyl (C=O) groups excluding carboxylic acids is 1. The molecule has 1 atom stereocenters. The van der Waals surface area contributed by atoms with E-state index in [1.165, 1.54) is 13.2 Å². The van der Waals surface area contributed by atoms with Gasteiger partial charge in [0.05, 0.1) is 5.69 Å². The molecule has 1 aromatic rings. The Labute approximate surface area is 117 Å². The summed E-state index contributed by atoms with van der Waals surface area (Å²) in [5, 5.41) is 0. The first kappa shape index (κ1) is 14.5. The minimum absolute atomic E-state index is 0.0207. The molecule has 2 rings (SSSR count). The highest BCUT2D eigenvalue weighted by Gasteiger charge is 2.28. The van der Waals surface area contributed by atoms with Crippen LogP contribution in [0.1, 0.15) is 18.0 Å². The summed E-state index contributed by atoms with van der Waals surface area (Å²) in [6.07, 6.45) is 0.818. The molecule has 0 radical (unpaired) electrons. The van der Waals surface area contributed by atoms with Gasteiger partial charge in [-0.3, -0.25) is 14.6 Å². The molecule has 1 fully saturated rings. The van der Waals surface area contributed by atoms with Crippen molar-refractivity contribution in [2.75, 3.05) is 45.8 Å². The zero-order valence-corrected chi connectivity index (χ0v) is 12.0. The molecule has 1 aromatic heterocycles. The van der Waals surface area contributed by atoms with E-state index in [0.29, 0.717) is 19.0 Å². The molecule has 0 unspecified atom stereocenters. The summed E-state index contributed by atoms with van der Waals surface area (Å²) in [6, 6.07) is 1.52. The Morgan fingerprint density at radius 3 is 3.00 bits per heavy atom. The highest BCUT2D eigenvalue weighted by atomic mass is 16.5. The molecule has 0 saturated carbocycles. The lowest BCUT2D eigenvalue weighted by Crippen LogP contribution is -2.31. The zero-order chi connectivity index (χ0) is 14.7. The number of hydrogen-bond acceptors (Lipinski definition) is 5. The van der Waals surface area contributed by atoms with E-state index in [4.69, 9.17) is 4.74 Å². The van der Waals surface area contributed by atoms with Crippen molar-refractivity contribution in [2.24, 2.45) is 0 Å². The monoisotopic (exact) mass is 280 g/mol. The van der Waals surface area contributed by atoms with E-state index in [1.807, 2.05) is 14.1 Å². The third-order valence-electron chi connectivity index (χ3n) is 3.40. The van der Waals surface area contributed by atoms with Crippen LogP contribution in [0.25, 0.3) is 0 Å². The summed E-state index contributed by atoms with van der Waals surface area (Å²) >= 11 is 0. The topological polar surface area (TPSA) is 78.5 Å². The van der Waals surface area contributed by atoms with Gasteiger partial charge in [0.15, 0.2) is 0 Å². The summed E-state index contributed by atoms with van der Waals surface area (Å²) < 4.78 is 4.86. The number of H-pyrrole nitrogens is 1. The molecule has 0 spiro atoms. The standard InChI is InChI=1S/C13H20N4O3/c1-16(2)13-14-10(6-11(18)15-13)9-4-5-17(7-9)12(19)8-20-3/h6,9H,4-5,7-8H2,1-3H3,(H,14,15,18)/t9-/m1/s1. The van der Waals surface area contributed by atoms with Gasteiger partial charge in [0.25, 0.3) is 5.56 Å². The third kappa shape index (κ3) is 3.16. The molecular weight excluding hydrogens is 260 g/mol. The molecular formula is C13H20N4O3. The first-order chi connectivity index (χ1) is 9.51. The van der Waals surface area contributed by atoms with Crippen molar-refractivity contribution >= 4 is 11.9 Å². The van der Waals surface area contributed by atoms with E-state index in [2.05, 4.69) is 9.97 Å². The molecule has 1 aliphatic heterocycles. The van der Waals surface area contributed by atoms with Crippen LogP contribution in [-0.2, 0) is 9.53 Å². The predicted molar refractivity (Wildman–Crippen MR) is 75.0 cm³/mol. The van der Waals surface area contributed by atoms with E-state index in [0.717, 1.165) is 12.1 Å². The number of nitrogens with one attached hydrogen (secondary N) is 1. The molecule has 1 N–H and O–H groups in total. The molecule has 0 aromatic carbocycles. The van der Waals surface area contributed by atoms with Gasteiger partial charge in [0.2, 0.25) is 11.9 Å². The van der Waals surface area contributed by atoms with Crippen molar-refractivity contribution in [3.8, 4) is 0 Å². The fraction of sp³-hybridized carbons (Fsp3) is 0.615. The molecule has 1 aliphatic rings. The second kappa shape index (κ2) is 6.04. The Morgan fingerprint density at radius 1 is 1.60 bits per heavy atom. The van der Waals surface area contributed by atoms with Crippen molar-refractivity contribution in [1.29, 1.82) is 0 Å². The van der Waals surface area contributed by atoms with Gasteiger partial charge < -0.3 is 14.5 Å². The van der Waals surface area contributed by atoms with E-state index < -0.39 is 0 Å². The number of anilines is 1. The van der Waals surface area contributed by atoms with E-state index >= 15 is 0 Å². The molecule has 7 heteroatoms. The Morgan fingerprint density at radius 2 is 2.35 bits per heavy atom. The van der Waals surface area contributed by atoms with Crippen LogP contribution in [0.2, 0.25) is 0 Å². The van der Waals surface area contributed by atoms with Crippen molar-refractivity contribution < 1.29 is 9.53 Å². The van der Waals surface area contributed by atoms with Gasteiger partial charge in [0, 0.05) is 46.3 Å². The second-order valence-corrected chi connectivity index (χ2v) is 5.15. The van der Waals surface area contributed by atoms with Gasteiger partial charge >= 0.3 is 0 Å². The summed E-state index contributed by atoms with van der Waals surface area (Å²) in [6.45, 7) is 1.36. The minimum atomic E-state index is -0.166. The van der Waals surface area contributed by atoms with Gasteiger partial charge in [0.1, 0.15) is 6.61 Å². The second-order valence-electron chi connectivity index (χ2n) is 5.15. The van der Waals surface area contributed by atoms with Crippen LogP contribution in [-0.4, -0.2) is 61.7 Å². The lowest BCUT2D eigenvalue weighted by Gasteiger charge is -2.17. The van der Waals surface area contributed by atoms with E-state index in [9.17, 15) is 9.59 Å². The molecule has 7 nitrogen and oxygen atoms in total. The summed E-state index contributed by atoms with van der Waals surface area (Å²) in [7, 11) is 5.16. The van der Waals surface area contributed by atoms with Crippen LogP contribution in [0, 0.1) is 0 Å². The van der Waals surface area contributed by atoms with Crippen molar-refractivity contribution in [3.05, 3.63) is 22.1 Å². The number of hydrogen-bond donors (Lipinski definition) is 1. The first-order valence-corrected chi connectivity index (χ1v) is 6.56. The number of aromatic nitrogens is 2. The smallest absolute Gasteiger partial charge is 0.252 e. The fourth-order valence-electron chi connectivity index (χ4n) is 2.33. The normalized spacial score (nSPS) is 18.4. The van der Waals surface area contributed by atoms with Gasteiger partial charge in [-0.1, -0.05) is 0 Å². The highest BCUT2D eigenvalue weighted by Crippen LogP contribution is 2.25. The maximum Gasteiger partial charge on any atom is 0.252 e. The largest absolute Gasteiger partial charge is 0.375 e. The minimum Gasteiger partial charge on any atom is -0.375 e. The Kier molecular flexibility index (Phi) is 4.39. The average molecular weight is 280 g/mol. The third-order valence-corrected chi connectivity index (χ3v) is 3.40. The molecule has 0 bridgehead atoms. The predicted octanol–water partition coefficient (Wildman–Crippen LogP) is -0.202. The number of methoxy groups -OCH3 is 1.